The second-order valence-electron chi connectivity index (χ2n) is 10.5. The Morgan fingerprint density at radius 3 is 1.81 bits per heavy atom. The monoisotopic (exact) mass is 572 g/mol. The molecule has 0 aliphatic carbocycles. The second-order valence-corrected chi connectivity index (χ2v) is 10.5. The van der Waals surface area contributed by atoms with Crippen LogP contribution in [0.3, 0.4) is 0 Å². The maximum atomic E-state index is 13.1. The van der Waals surface area contributed by atoms with Gasteiger partial charge >= 0.3 is 5.69 Å². The quantitative estimate of drug-likeness (QED) is 0.221. The number of carbonyl (C=O) groups excluding carboxylic acids is 1. The predicted octanol–water partition coefficient (Wildman–Crippen LogP) is 4.73. The van der Waals surface area contributed by atoms with E-state index in [1.807, 2.05) is 60.7 Å². The SMILES string of the molecule is O=C(Nc1ccn([C@H]2C[C@H](NC(c3ccccc3)(c3ccccc3)c3ccccc3)[C@@H](CO)O2)c(=O)n1)c1ccccc1. The Hall–Kier alpha value is -4.89. The summed E-state index contributed by atoms with van der Waals surface area (Å²) in [4.78, 5) is 29.8. The third-order valence-electron chi connectivity index (χ3n) is 7.86. The van der Waals surface area contributed by atoms with Crippen molar-refractivity contribution in [3.63, 3.8) is 0 Å². The van der Waals surface area contributed by atoms with Crippen LogP contribution in [0.4, 0.5) is 5.82 Å². The summed E-state index contributed by atoms with van der Waals surface area (Å²) >= 11 is 0. The highest BCUT2D eigenvalue weighted by molar-refractivity contribution is 6.03. The molecule has 4 aromatic carbocycles. The summed E-state index contributed by atoms with van der Waals surface area (Å²) in [5.74, 6) is -0.205. The molecule has 3 N–H and O–H groups in total. The van der Waals surface area contributed by atoms with Gasteiger partial charge in [-0.05, 0) is 34.9 Å². The molecular formula is C35H32N4O4. The van der Waals surface area contributed by atoms with Crippen molar-refractivity contribution in [3.8, 4) is 0 Å². The van der Waals surface area contributed by atoms with E-state index in [1.54, 1.807) is 36.5 Å². The lowest BCUT2D eigenvalue weighted by Crippen LogP contribution is -2.53. The maximum Gasteiger partial charge on any atom is 0.351 e. The van der Waals surface area contributed by atoms with E-state index in [1.165, 1.54) is 4.57 Å². The van der Waals surface area contributed by atoms with Crippen LogP contribution < -0.4 is 16.3 Å². The number of amides is 1. The number of nitrogens with zero attached hydrogens (tertiary/aromatic N) is 2. The molecule has 0 radical (unpaired) electrons. The average Bonchev–Trinajstić information content (AvgIpc) is 3.47. The molecule has 3 atom stereocenters. The summed E-state index contributed by atoms with van der Waals surface area (Å²) in [6.07, 6.45) is 0.700. The predicted molar refractivity (Wildman–Crippen MR) is 165 cm³/mol. The highest BCUT2D eigenvalue weighted by atomic mass is 16.5. The highest BCUT2D eigenvalue weighted by Crippen LogP contribution is 2.40. The van der Waals surface area contributed by atoms with Gasteiger partial charge in [-0.15, -0.1) is 0 Å². The van der Waals surface area contributed by atoms with Crippen LogP contribution in [-0.2, 0) is 10.3 Å². The van der Waals surface area contributed by atoms with Gasteiger partial charge in [0.1, 0.15) is 12.0 Å². The van der Waals surface area contributed by atoms with E-state index in [4.69, 9.17) is 4.74 Å². The highest BCUT2D eigenvalue weighted by Gasteiger charge is 2.44. The normalized spacial score (nSPS) is 18.3. The first-order valence-corrected chi connectivity index (χ1v) is 14.2. The van der Waals surface area contributed by atoms with Gasteiger partial charge in [0.15, 0.2) is 0 Å². The van der Waals surface area contributed by atoms with Crippen LogP contribution in [0.15, 0.2) is 138 Å². The molecule has 2 heterocycles. The van der Waals surface area contributed by atoms with Gasteiger partial charge in [-0.3, -0.25) is 14.7 Å². The number of ether oxygens (including phenoxy) is 1. The van der Waals surface area contributed by atoms with Crippen LogP contribution >= 0.6 is 0 Å². The van der Waals surface area contributed by atoms with E-state index < -0.39 is 23.6 Å². The average molecular weight is 573 g/mol. The minimum Gasteiger partial charge on any atom is -0.394 e. The van der Waals surface area contributed by atoms with E-state index >= 15 is 0 Å². The van der Waals surface area contributed by atoms with Crippen LogP contribution in [0.5, 0.6) is 0 Å². The Balaban J connectivity index is 1.32. The molecule has 1 amide bonds. The largest absolute Gasteiger partial charge is 0.394 e. The number of carbonyl (C=O) groups is 1. The summed E-state index contributed by atoms with van der Waals surface area (Å²) in [6.45, 7) is -0.240. The third kappa shape index (κ3) is 5.76. The van der Waals surface area contributed by atoms with Crippen molar-refractivity contribution in [1.29, 1.82) is 0 Å². The molecule has 1 aliphatic heterocycles. The van der Waals surface area contributed by atoms with Gasteiger partial charge in [0, 0.05) is 24.2 Å². The summed E-state index contributed by atoms with van der Waals surface area (Å²) in [5.41, 5.74) is 2.23. The molecule has 216 valence electrons. The molecule has 43 heavy (non-hydrogen) atoms. The smallest absolute Gasteiger partial charge is 0.351 e. The Morgan fingerprint density at radius 1 is 0.814 bits per heavy atom. The Bertz CT molecular complexity index is 1620. The number of aliphatic hydroxyl groups is 1. The fraction of sp³-hybridized carbons (Fsp3) is 0.171. The Labute approximate surface area is 249 Å². The van der Waals surface area contributed by atoms with E-state index in [2.05, 4.69) is 52.0 Å². The Kier molecular flexibility index (Phi) is 8.24. The molecular weight excluding hydrogens is 540 g/mol. The molecule has 1 aromatic heterocycles. The number of nitrogens with one attached hydrogen (secondary N) is 2. The van der Waals surface area contributed by atoms with Crippen molar-refractivity contribution in [3.05, 3.63) is 166 Å². The van der Waals surface area contributed by atoms with E-state index in [-0.39, 0.29) is 24.4 Å². The molecule has 8 nitrogen and oxygen atoms in total. The van der Waals surface area contributed by atoms with Crippen LogP contribution in [0, 0.1) is 0 Å². The molecule has 8 heteroatoms. The second kappa shape index (κ2) is 12.5. The van der Waals surface area contributed by atoms with Gasteiger partial charge in [0.05, 0.1) is 18.2 Å². The first-order valence-electron chi connectivity index (χ1n) is 14.2. The van der Waals surface area contributed by atoms with Gasteiger partial charge in [-0.1, -0.05) is 109 Å². The fourth-order valence-corrected chi connectivity index (χ4v) is 5.79. The first kappa shape index (κ1) is 28.2. The topological polar surface area (TPSA) is 105 Å². The van der Waals surface area contributed by atoms with Crippen molar-refractivity contribution >= 4 is 11.7 Å². The maximum absolute atomic E-state index is 13.1. The van der Waals surface area contributed by atoms with E-state index in [9.17, 15) is 14.7 Å². The number of hydrogen-bond acceptors (Lipinski definition) is 6. The number of hydrogen-bond donors (Lipinski definition) is 3. The lowest BCUT2D eigenvalue weighted by molar-refractivity contribution is -0.0299. The minimum atomic E-state index is -0.769. The molecule has 0 unspecified atom stereocenters. The third-order valence-corrected chi connectivity index (χ3v) is 7.86. The number of rotatable bonds is 9. The number of aliphatic hydroxyl groups excluding tert-OH is 1. The lowest BCUT2D eigenvalue weighted by Gasteiger charge is -2.40. The van der Waals surface area contributed by atoms with Crippen LogP contribution in [0.2, 0.25) is 0 Å². The van der Waals surface area contributed by atoms with Crippen molar-refractivity contribution in [2.75, 3.05) is 11.9 Å². The lowest BCUT2D eigenvalue weighted by atomic mass is 9.76. The van der Waals surface area contributed by atoms with Crippen LogP contribution in [0.1, 0.15) is 39.7 Å². The minimum absolute atomic E-state index is 0.151. The zero-order chi connectivity index (χ0) is 29.6. The summed E-state index contributed by atoms with van der Waals surface area (Å²) in [6, 6.07) is 40.5. The van der Waals surface area contributed by atoms with E-state index in [0.717, 1.165) is 16.7 Å². The molecule has 1 saturated heterocycles. The molecule has 1 aliphatic rings. The molecule has 6 rings (SSSR count). The Morgan fingerprint density at radius 2 is 1.33 bits per heavy atom. The zero-order valence-corrected chi connectivity index (χ0v) is 23.4. The van der Waals surface area contributed by atoms with Crippen molar-refractivity contribution in [2.24, 2.45) is 0 Å². The van der Waals surface area contributed by atoms with Gasteiger partial charge in [0.2, 0.25) is 0 Å². The number of benzene rings is 4. The fourth-order valence-electron chi connectivity index (χ4n) is 5.79. The molecule has 0 spiro atoms. The number of aromatic nitrogens is 2. The molecule has 0 bridgehead atoms. The van der Waals surface area contributed by atoms with Crippen LogP contribution in [-0.4, -0.2) is 39.3 Å². The zero-order valence-electron chi connectivity index (χ0n) is 23.4. The molecule has 0 saturated carbocycles. The van der Waals surface area contributed by atoms with Crippen molar-refractivity contribution in [1.82, 2.24) is 14.9 Å². The van der Waals surface area contributed by atoms with E-state index in [0.29, 0.717) is 12.0 Å². The van der Waals surface area contributed by atoms with Crippen molar-refractivity contribution < 1.29 is 14.6 Å². The standard InChI is InChI=1S/C35H32N4O4/c40-24-30-29(23-32(43-30)39-22-21-31(37-34(39)42)36-33(41)25-13-5-1-6-14-25)38-35(26-15-7-2-8-16-26,27-17-9-3-10-18-27)28-19-11-4-12-20-28/h1-22,29-30,32,38,40H,23-24H2,(H,36,37,41,42)/t29-,30+,32+/m0/s1. The summed E-state index contributed by atoms with van der Waals surface area (Å²) in [7, 11) is 0. The molecule has 5 aromatic rings. The number of anilines is 1. The van der Waals surface area contributed by atoms with Gasteiger partial charge in [-0.2, -0.15) is 4.98 Å². The van der Waals surface area contributed by atoms with Crippen molar-refractivity contribution in [2.45, 2.75) is 30.3 Å². The molecule has 1 fully saturated rings. The van der Waals surface area contributed by atoms with Gasteiger partial charge in [0.25, 0.3) is 5.91 Å². The van der Waals surface area contributed by atoms with Gasteiger partial charge in [-0.25, -0.2) is 4.79 Å². The van der Waals surface area contributed by atoms with Gasteiger partial charge < -0.3 is 15.2 Å². The summed E-state index contributed by atoms with van der Waals surface area (Å²) in [5, 5.41) is 17.0. The van der Waals surface area contributed by atoms with Crippen LogP contribution in [0.25, 0.3) is 0 Å². The summed E-state index contributed by atoms with van der Waals surface area (Å²) < 4.78 is 7.66. The first-order chi connectivity index (χ1) is 21.1.